The minimum Gasteiger partial charge on any atom is -0.466 e. The number of nitrogens with zero attached hydrogens (tertiary/aromatic N) is 1. The third-order valence-corrected chi connectivity index (χ3v) is 2.62. The molecular formula is C15H16N2O2. The Morgan fingerprint density at radius 2 is 2.16 bits per heavy atom. The lowest BCUT2D eigenvalue weighted by atomic mass is 10.1. The summed E-state index contributed by atoms with van der Waals surface area (Å²) in [5.74, 6) is -0.201. The third kappa shape index (κ3) is 3.81. The number of hydrogen-bond donors (Lipinski definition) is 1. The zero-order valence-corrected chi connectivity index (χ0v) is 10.8. The number of H-pyrrole nitrogens is 1. The van der Waals surface area contributed by atoms with Gasteiger partial charge in [-0.15, -0.1) is 0 Å². The minimum atomic E-state index is -0.201. The first-order chi connectivity index (χ1) is 9.29. The summed E-state index contributed by atoms with van der Waals surface area (Å²) < 4.78 is 4.85. The van der Waals surface area contributed by atoms with Gasteiger partial charge in [0.2, 0.25) is 0 Å². The van der Waals surface area contributed by atoms with Crippen molar-refractivity contribution in [3.05, 3.63) is 48.4 Å². The number of carbonyl (C=O) groups is 1. The van der Waals surface area contributed by atoms with Crippen LogP contribution in [0.15, 0.2) is 42.9 Å². The molecule has 1 heterocycles. The van der Waals surface area contributed by atoms with Gasteiger partial charge in [0.25, 0.3) is 0 Å². The van der Waals surface area contributed by atoms with Gasteiger partial charge in [-0.3, -0.25) is 4.79 Å². The van der Waals surface area contributed by atoms with Crippen molar-refractivity contribution in [2.24, 2.45) is 0 Å². The van der Waals surface area contributed by atoms with E-state index in [2.05, 4.69) is 9.97 Å². The van der Waals surface area contributed by atoms with Gasteiger partial charge < -0.3 is 9.72 Å². The van der Waals surface area contributed by atoms with Gasteiger partial charge in [0, 0.05) is 0 Å². The lowest BCUT2D eigenvalue weighted by Gasteiger charge is -1.99. The van der Waals surface area contributed by atoms with Gasteiger partial charge in [0.15, 0.2) is 0 Å². The molecule has 0 aliphatic heterocycles. The van der Waals surface area contributed by atoms with Crippen LogP contribution in [-0.4, -0.2) is 22.5 Å². The maximum absolute atomic E-state index is 11.2. The van der Waals surface area contributed by atoms with E-state index in [0.717, 1.165) is 16.8 Å². The molecule has 0 aliphatic carbocycles. The molecule has 2 rings (SSSR count). The van der Waals surface area contributed by atoms with Crippen molar-refractivity contribution in [3.8, 4) is 11.3 Å². The molecule has 0 fully saturated rings. The summed E-state index contributed by atoms with van der Waals surface area (Å²) in [6.07, 6.45) is 7.46. The normalized spacial score (nSPS) is 10.8. The fourth-order valence-corrected chi connectivity index (χ4v) is 1.70. The highest BCUT2D eigenvalue weighted by Crippen LogP contribution is 2.17. The Morgan fingerprint density at radius 3 is 2.79 bits per heavy atom. The predicted molar refractivity (Wildman–Crippen MR) is 74.3 cm³/mol. The number of hydrogen-bond acceptors (Lipinski definition) is 3. The summed E-state index contributed by atoms with van der Waals surface area (Å²) >= 11 is 0. The highest BCUT2D eigenvalue weighted by Gasteiger charge is 1.98. The van der Waals surface area contributed by atoms with Gasteiger partial charge in [-0.05, 0) is 18.1 Å². The summed E-state index contributed by atoms with van der Waals surface area (Å²) in [6, 6.07) is 8.02. The minimum absolute atomic E-state index is 0.201. The van der Waals surface area contributed by atoms with Crippen LogP contribution in [0.4, 0.5) is 0 Å². The Kier molecular flexibility index (Phi) is 4.50. The zero-order valence-electron chi connectivity index (χ0n) is 10.8. The quantitative estimate of drug-likeness (QED) is 0.836. The van der Waals surface area contributed by atoms with Crippen molar-refractivity contribution < 1.29 is 9.53 Å². The van der Waals surface area contributed by atoms with Gasteiger partial charge >= 0.3 is 5.97 Å². The van der Waals surface area contributed by atoms with Gasteiger partial charge in [-0.25, -0.2) is 4.98 Å². The highest BCUT2D eigenvalue weighted by atomic mass is 16.5. The van der Waals surface area contributed by atoms with E-state index < -0.39 is 0 Å². The van der Waals surface area contributed by atoms with Gasteiger partial charge in [0.1, 0.15) is 0 Å². The average molecular weight is 256 g/mol. The number of carbonyl (C=O) groups excluding carboxylic acids is 1. The number of imidazole rings is 1. The number of aromatic nitrogens is 2. The molecule has 0 aliphatic rings. The SMILES string of the molecule is CCOC(=O)CC=Cc1ccc(-c2cnc[nH]2)cc1. The molecule has 0 amide bonds. The van der Waals surface area contributed by atoms with Crippen LogP contribution in [0.3, 0.4) is 0 Å². The first-order valence-electron chi connectivity index (χ1n) is 6.20. The molecule has 0 radical (unpaired) electrons. The van der Waals surface area contributed by atoms with E-state index in [9.17, 15) is 4.79 Å². The van der Waals surface area contributed by atoms with Gasteiger partial charge in [-0.2, -0.15) is 0 Å². The maximum atomic E-state index is 11.2. The number of nitrogens with one attached hydrogen (secondary N) is 1. The first-order valence-corrected chi connectivity index (χ1v) is 6.20. The van der Waals surface area contributed by atoms with Crippen molar-refractivity contribution in [1.29, 1.82) is 0 Å². The first kappa shape index (κ1) is 13.1. The Hall–Kier alpha value is -2.36. The molecule has 0 bridgehead atoms. The largest absolute Gasteiger partial charge is 0.466 e. The van der Waals surface area contributed by atoms with Crippen LogP contribution in [0.25, 0.3) is 17.3 Å². The van der Waals surface area contributed by atoms with Crippen molar-refractivity contribution >= 4 is 12.0 Å². The molecule has 4 heteroatoms. The van der Waals surface area contributed by atoms with Crippen LogP contribution in [0.5, 0.6) is 0 Å². The molecule has 0 saturated heterocycles. The van der Waals surface area contributed by atoms with E-state index >= 15 is 0 Å². The number of rotatable bonds is 5. The Labute approximate surface area is 112 Å². The summed E-state index contributed by atoms with van der Waals surface area (Å²) in [5, 5.41) is 0. The molecule has 2 aromatic rings. The monoisotopic (exact) mass is 256 g/mol. The molecule has 1 N–H and O–H groups in total. The van der Waals surface area contributed by atoms with Crippen molar-refractivity contribution in [2.75, 3.05) is 6.61 Å². The van der Waals surface area contributed by atoms with Crippen LogP contribution in [-0.2, 0) is 9.53 Å². The standard InChI is InChI=1S/C15H16N2O2/c1-2-19-15(18)5-3-4-12-6-8-13(9-7-12)14-10-16-11-17-14/h3-4,6-11H,2,5H2,1H3,(H,16,17). The number of aromatic amines is 1. The second-order valence-corrected chi connectivity index (χ2v) is 4.00. The van der Waals surface area contributed by atoms with E-state index in [4.69, 9.17) is 4.74 Å². The third-order valence-electron chi connectivity index (χ3n) is 2.62. The van der Waals surface area contributed by atoms with Crippen LogP contribution in [0, 0.1) is 0 Å². The predicted octanol–water partition coefficient (Wildman–Crippen LogP) is 3.04. The van der Waals surface area contributed by atoms with Crippen LogP contribution >= 0.6 is 0 Å². The lowest BCUT2D eigenvalue weighted by Crippen LogP contribution is -2.01. The van der Waals surface area contributed by atoms with Gasteiger partial charge in [-0.1, -0.05) is 36.4 Å². The van der Waals surface area contributed by atoms with Crippen LogP contribution in [0.2, 0.25) is 0 Å². The number of ether oxygens (including phenoxy) is 1. The van der Waals surface area contributed by atoms with E-state index in [0.29, 0.717) is 13.0 Å². The van der Waals surface area contributed by atoms with E-state index in [1.807, 2.05) is 36.4 Å². The topological polar surface area (TPSA) is 55.0 Å². The average Bonchev–Trinajstić information content (AvgIpc) is 2.94. The van der Waals surface area contributed by atoms with Crippen LogP contribution in [0.1, 0.15) is 18.9 Å². The smallest absolute Gasteiger partial charge is 0.309 e. The Bertz CT molecular complexity index is 542. The molecule has 0 unspecified atom stereocenters. The molecule has 1 aromatic carbocycles. The number of esters is 1. The van der Waals surface area contributed by atoms with Crippen molar-refractivity contribution in [2.45, 2.75) is 13.3 Å². The van der Waals surface area contributed by atoms with Crippen molar-refractivity contribution in [1.82, 2.24) is 9.97 Å². The second kappa shape index (κ2) is 6.54. The molecule has 98 valence electrons. The molecule has 0 saturated carbocycles. The lowest BCUT2D eigenvalue weighted by molar-refractivity contribution is -0.142. The highest BCUT2D eigenvalue weighted by molar-refractivity contribution is 5.72. The van der Waals surface area contributed by atoms with E-state index in [-0.39, 0.29) is 5.97 Å². The van der Waals surface area contributed by atoms with E-state index in [1.54, 1.807) is 19.4 Å². The van der Waals surface area contributed by atoms with Gasteiger partial charge in [0.05, 0.1) is 31.2 Å². The zero-order chi connectivity index (χ0) is 13.5. The second-order valence-electron chi connectivity index (χ2n) is 4.00. The molecule has 1 aromatic heterocycles. The summed E-state index contributed by atoms with van der Waals surface area (Å²) in [5.41, 5.74) is 3.12. The molecule has 4 nitrogen and oxygen atoms in total. The molecule has 19 heavy (non-hydrogen) atoms. The molecule has 0 spiro atoms. The number of benzene rings is 1. The summed E-state index contributed by atoms with van der Waals surface area (Å²) in [4.78, 5) is 18.2. The summed E-state index contributed by atoms with van der Waals surface area (Å²) in [7, 11) is 0. The fraction of sp³-hybridized carbons (Fsp3) is 0.200. The molecular weight excluding hydrogens is 240 g/mol. The maximum Gasteiger partial charge on any atom is 0.309 e. The Balaban J connectivity index is 1.95. The molecule has 0 atom stereocenters. The fourth-order valence-electron chi connectivity index (χ4n) is 1.70. The Morgan fingerprint density at radius 1 is 1.37 bits per heavy atom. The van der Waals surface area contributed by atoms with E-state index in [1.165, 1.54) is 0 Å². The van der Waals surface area contributed by atoms with Crippen molar-refractivity contribution in [3.63, 3.8) is 0 Å². The summed E-state index contributed by atoms with van der Waals surface area (Å²) in [6.45, 7) is 2.22. The van der Waals surface area contributed by atoms with Crippen LogP contribution < -0.4 is 0 Å².